The van der Waals surface area contributed by atoms with Gasteiger partial charge in [0.1, 0.15) is 12.2 Å². The maximum absolute atomic E-state index is 6.12. The Hall–Kier alpha value is -1.50. The van der Waals surface area contributed by atoms with Crippen LogP contribution in [0.25, 0.3) is 0 Å². The van der Waals surface area contributed by atoms with Crippen molar-refractivity contribution in [1.82, 2.24) is 14.9 Å². The lowest BCUT2D eigenvalue weighted by Gasteiger charge is -2.31. The quantitative estimate of drug-likeness (QED) is 0.862. The first-order valence-corrected chi connectivity index (χ1v) is 9.02. The van der Waals surface area contributed by atoms with Gasteiger partial charge in [-0.15, -0.1) is 11.3 Å². The zero-order valence-corrected chi connectivity index (χ0v) is 14.0. The second-order valence-electron chi connectivity index (χ2n) is 6.16. The normalized spacial score (nSPS) is 27.8. The van der Waals surface area contributed by atoms with Crippen LogP contribution < -0.4 is 4.74 Å². The lowest BCUT2D eigenvalue weighted by molar-refractivity contribution is -0.0480. The van der Waals surface area contributed by atoms with E-state index in [1.165, 1.54) is 0 Å². The van der Waals surface area contributed by atoms with Crippen molar-refractivity contribution in [2.45, 2.75) is 44.6 Å². The molecule has 4 rings (SSSR count). The van der Waals surface area contributed by atoms with E-state index in [9.17, 15) is 0 Å². The number of thiazole rings is 1. The van der Waals surface area contributed by atoms with Gasteiger partial charge in [-0.2, -0.15) is 0 Å². The SMILES string of the molecule is Cc1nc(CN2C[C@H](Oc3ccccn3)[C@H]3OCCC[C@H]32)cs1. The molecule has 0 aromatic carbocycles. The third-order valence-electron chi connectivity index (χ3n) is 4.53. The minimum Gasteiger partial charge on any atom is -0.470 e. The number of aromatic nitrogens is 2. The summed E-state index contributed by atoms with van der Waals surface area (Å²) in [6.45, 7) is 4.62. The lowest BCUT2D eigenvalue weighted by Crippen LogP contribution is -2.42. The summed E-state index contributed by atoms with van der Waals surface area (Å²) in [5, 5.41) is 3.28. The minimum atomic E-state index is 0.0370. The Bertz CT molecular complexity index is 648. The molecule has 6 heteroatoms. The summed E-state index contributed by atoms with van der Waals surface area (Å²) >= 11 is 1.71. The first kappa shape index (κ1) is 15.1. The Balaban J connectivity index is 1.49. The van der Waals surface area contributed by atoms with Gasteiger partial charge in [-0.3, -0.25) is 4.90 Å². The van der Waals surface area contributed by atoms with E-state index in [1.54, 1.807) is 17.5 Å². The molecule has 0 amide bonds. The molecular weight excluding hydrogens is 310 g/mol. The van der Waals surface area contributed by atoms with E-state index in [-0.39, 0.29) is 12.2 Å². The first-order chi connectivity index (χ1) is 11.3. The number of ether oxygens (including phenoxy) is 2. The molecule has 0 spiro atoms. The highest BCUT2D eigenvalue weighted by Gasteiger charge is 2.45. The first-order valence-electron chi connectivity index (χ1n) is 8.14. The average Bonchev–Trinajstić information content (AvgIpc) is 3.14. The van der Waals surface area contributed by atoms with Gasteiger partial charge in [0, 0.05) is 43.4 Å². The molecule has 0 radical (unpaired) electrons. The Labute approximate surface area is 140 Å². The summed E-state index contributed by atoms with van der Waals surface area (Å²) in [5.41, 5.74) is 1.15. The highest BCUT2D eigenvalue weighted by Crippen LogP contribution is 2.32. The zero-order valence-electron chi connectivity index (χ0n) is 13.2. The summed E-state index contributed by atoms with van der Waals surface area (Å²) in [5.74, 6) is 0.678. The van der Waals surface area contributed by atoms with Gasteiger partial charge in [0.15, 0.2) is 0 Å². The Kier molecular flexibility index (Phi) is 4.29. The molecule has 3 atom stereocenters. The number of aryl methyl sites for hydroxylation is 1. The smallest absolute Gasteiger partial charge is 0.213 e. The molecule has 0 aliphatic carbocycles. The summed E-state index contributed by atoms with van der Waals surface area (Å²) in [6.07, 6.45) is 4.21. The van der Waals surface area contributed by atoms with Gasteiger partial charge in [-0.25, -0.2) is 9.97 Å². The van der Waals surface area contributed by atoms with Crippen LogP contribution in [0.15, 0.2) is 29.8 Å². The van der Waals surface area contributed by atoms with Gasteiger partial charge in [0.2, 0.25) is 5.88 Å². The largest absolute Gasteiger partial charge is 0.470 e. The van der Waals surface area contributed by atoms with Crippen LogP contribution in [0, 0.1) is 6.92 Å². The summed E-state index contributed by atoms with van der Waals surface area (Å²) in [6, 6.07) is 6.18. The van der Waals surface area contributed by atoms with Crippen molar-refractivity contribution in [2.24, 2.45) is 0 Å². The summed E-state index contributed by atoms with van der Waals surface area (Å²) in [4.78, 5) is 11.4. The summed E-state index contributed by atoms with van der Waals surface area (Å²) < 4.78 is 12.2. The number of likely N-dealkylation sites (tertiary alicyclic amines) is 1. The van der Waals surface area contributed by atoms with Gasteiger partial charge < -0.3 is 9.47 Å². The van der Waals surface area contributed by atoms with Crippen molar-refractivity contribution in [1.29, 1.82) is 0 Å². The molecule has 0 bridgehead atoms. The molecule has 5 nitrogen and oxygen atoms in total. The van der Waals surface area contributed by atoms with Crippen LogP contribution in [0.2, 0.25) is 0 Å². The standard InChI is InChI=1S/C17H21N3O2S/c1-12-19-13(11-23-12)9-20-10-15(17-14(20)5-4-8-21-17)22-16-6-2-3-7-18-16/h2-3,6-7,11,14-15,17H,4-5,8-10H2,1H3/t14-,15+,17+/m1/s1. The molecule has 0 unspecified atom stereocenters. The van der Waals surface area contributed by atoms with Crippen LogP contribution in [-0.4, -0.2) is 46.3 Å². The van der Waals surface area contributed by atoms with Crippen molar-refractivity contribution in [3.63, 3.8) is 0 Å². The molecule has 0 N–H and O–H groups in total. The van der Waals surface area contributed by atoms with E-state index in [0.29, 0.717) is 11.9 Å². The monoisotopic (exact) mass is 331 g/mol. The van der Waals surface area contributed by atoms with Crippen molar-refractivity contribution < 1.29 is 9.47 Å². The fraction of sp³-hybridized carbons (Fsp3) is 0.529. The highest BCUT2D eigenvalue weighted by atomic mass is 32.1. The Morgan fingerprint density at radius 3 is 3.17 bits per heavy atom. The second kappa shape index (κ2) is 6.55. The van der Waals surface area contributed by atoms with E-state index in [2.05, 4.69) is 27.2 Å². The van der Waals surface area contributed by atoms with Crippen LogP contribution in [0.4, 0.5) is 0 Å². The van der Waals surface area contributed by atoms with Crippen molar-refractivity contribution >= 4 is 11.3 Å². The topological polar surface area (TPSA) is 47.5 Å². The molecule has 2 aromatic heterocycles. The molecule has 4 heterocycles. The molecule has 2 aromatic rings. The maximum atomic E-state index is 6.12. The van der Waals surface area contributed by atoms with E-state index >= 15 is 0 Å². The molecule has 23 heavy (non-hydrogen) atoms. The highest BCUT2D eigenvalue weighted by molar-refractivity contribution is 7.09. The lowest BCUT2D eigenvalue weighted by atomic mass is 10.0. The van der Waals surface area contributed by atoms with Crippen LogP contribution >= 0.6 is 11.3 Å². The van der Waals surface area contributed by atoms with Crippen molar-refractivity contribution in [3.8, 4) is 5.88 Å². The zero-order chi connectivity index (χ0) is 15.6. The van der Waals surface area contributed by atoms with Crippen LogP contribution in [-0.2, 0) is 11.3 Å². The number of nitrogens with zero attached hydrogens (tertiary/aromatic N) is 3. The molecule has 2 aliphatic rings. The van der Waals surface area contributed by atoms with E-state index in [0.717, 1.165) is 43.2 Å². The number of hydrogen-bond acceptors (Lipinski definition) is 6. The predicted octanol–water partition coefficient (Wildman–Crippen LogP) is 2.66. The van der Waals surface area contributed by atoms with Crippen LogP contribution in [0.1, 0.15) is 23.5 Å². The second-order valence-corrected chi connectivity index (χ2v) is 7.22. The molecule has 2 saturated heterocycles. The molecule has 122 valence electrons. The third kappa shape index (κ3) is 3.24. The van der Waals surface area contributed by atoms with Crippen molar-refractivity contribution in [2.75, 3.05) is 13.2 Å². The third-order valence-corrected chi connectivity index (χ3v) is 5.35. The van der Waals surface area contributed by atoms with Gasteiger partial charge in [0.25, 0.3) is 0 Å². The molecule has 2 aliphatic heterocycles. The van der Waals surface area contributed by atoms with E-state index in [4.69, 9.17) is 9.47 Å². The van der Waals surface area contributed by atoms with Gasteiger partial charge in [0.05, 0.1) is 10.7 Å². The summed E-state index contributed by atoms with van der Waals surface area (Å²) in [7, 11) is 0. The Morgan fingerprint density at radius 1 is 1.43 bits per heavy atom. The number of hydrogen-bond donors (Lipinski definition) is 0. The minimum absolute atomic E-state index is 0.0370. The average molecular weight is 331 g/mol. The Morgan fingerprint density at radius 2 is 2.39 bits per heavy atom. The van der Waals surface area contributed by atoms with Gasteiger partial charge in [-0.1, -0.05) is 6.07 Å². The predicted molar refractivity (Wildman–Crippen MR) is 88.7 cm³/mol. The fourth-order valence-electron chi connectivity index (χ4n) is 3.55. The number of pyridine rings is 1. The molecular formula is C17H21N3O2S. The maximum Gasteiger partial charge on any atom is 0.213 e. The van der Waals surface area contributed by atoms with Crippen LogP contribution in [0.3, 0.4) is 0 Å². The van der Waals surface area contributed by atoms with Gasteiger partial charge in [-0.05, 0) is 25.8 Å². The molecule has 2 fully saturated rings. The van der Waals surface area contributed by atoms with Gasteiger partial charge >= 0.3 is 0 Å². The number of fused-ring (bicyclic) bond motifs is 1. The van der Waals surface area contributed by atoms with E-state index in [1.807, 2.05) is 18.2 Å². The molecule has 0 saturated carbocycles. The number of rotatable bonds is 4. The van der Waals surface area contributed by atoms with Crippen LogP contribution in [0.5, 0.6) is 5.88 Å². The van der Waals surface area contributed by atoms with Crippen molar-refractivity contribution in [3.05, 3.63) is 40.5 Å². The fourth-order valence-corrected chi connectivity index (χ4v) is 4.15. The van der Waals surface area contributed by atoms with E-state index < -0.39 is 0 Å².